The highest BCUT2D eigenvalue weighted by atomic mass is 16.4. The molecule has 0 unspecified atom stereocenters. The first-order valence-electron chi connectivity index (χ1n) is 6.88. The number of nitrogens with zero attached hydrogens (tertiary/aromatic N) is 1. The van der Waals surface area contributed by atoms with Gasteiger partial charge in [0.05, 0.1) is 5.92 Å². The number of carbonyl (C=O) groups excluding carboxylic acids is 1. The molecule has 1 heterocycles. The van der Waals surface area contributed by atoms with Crippen molar-refractivity contribution < 1.29 is 14.7 Å². The summed E-state index contributed by atoms with van der Waals surface area (Å²) in [5.41, 5.74) is 2.25. The molecule has 5 heteroatoms. The Morgan fingerprint density at radius 3 is 2.55 bits per heavy atom. The molecule has 0 bridgehead atoms. The summed E-state index contributed by atoms with van der Waals surface area (Å²) in [4.78, 5) is 24.6. The average molecular weight is 276 g/mol. The molecular weight excluding hydrogens is 256 g/mol. The van der Waals surface area contributed by atoms with Crippen molar-refractivity contribution in [1.82, 2.24) is 10.2 Å². The SMILES string of the molecule is Cc1ccccc1CNC(=O)N1CCC(C(=O)O)CC1. The predicted molar refractivity (Wildman–Crippen MR) is 75.3 cm³/mol. The topological polar surface area (TPSA) is 69.6 Å². The predicted octanol–water partition coefficient (Wildman–Crippen LogP) is 2.00. The van der Waals surface area contributed by atoms with Crippen LogP contribution >= 0.6 is 0 Å². The zero-order chi connectivity index (χ0) is 14.5. The minimum absolute atomic E-state index is 0.114. The Morgan fingerprint density at radius 1 is 1.30 bits per heavy atom. The van der Waals surface area contributed by atoms with Crippen molar-refractivity contribution >= 4 is 12.0 Å². The van der Waals surface area contributed by atoms with Gasteiger partial charge in [0, 0.05) is 19.6 Å². The van der Waals surface area contributed by atoms with Crippen LogP contribution in [0.25, 0.3) is 0 Å². The standard InChI is InChI=1S/C15H20N2O3/c1-11-4-2-3-5-13(11)10-16-15(20)17-8-6-12(7-9-17)14(18)19/h2-5,12H,6-10H2,1H3,(H,16,20)(H,18,19). The number of hydrogen-bond acceptors (Lipinski definition) is 2. The van der Waals surface area contributed by atoms with E-state index in [1.807, 2.05) is 31.2 Å². The number of carbonyl (C=O) groups is 2. The van der Waals surface area contributed by atoms with Gasteiger partial charge < -0.3 is 15.3 Å². The number of urea groups is 1. The minimum Gasteiger partial charge on any atom is -0.481 e. The molecule has 1 aromatic rings. The van der Waals surface area contributed by atoms with Crippen molar-refractivity contribution in [3.63, 3.8) is 0 Å². The summed E-state index contributed by atoms with van der Waals surface area (Å²) >= 11 is 0. The van der Waals surface area contributed by atoms with Gasteiger partial charge in [-0.2, -0.15) is 0 Å². The van der Waals surface area contributed by atoms with Crippen molar-refractivity contribution in [3.8, 4) is 0 Å². The van der Waals surface area contributed by atoms with Gasteiger partial charge in [-0.1, -0.05) is 24.3 Å². The Balaban J connectivity index is 1.82. The number of likely N-dealkylation sites (tertiary alicyclic amines) is 1. The fourth-order valence-corrected chi connectivity index (χ4v) is 2.42. The molecule has 1 aliphatic heterocycles. The van der Waals surface area contributed by atoms with Crippen LogP contribution in [0.1, 0.15) is 24.0 Å². The van der Waals surface area contributed by atoms with Crippen LogP contribution in [0.15, 0.2) is 24.3 Å². The summed E-state index contributed by atoms with van der Waals surface area (Å²) in [7, 11) is 0. The number of amides is 2. The van der Waals surface area contributed by atoms with Crippen LogP contribution in [0.3, 0.4) is 0 Å². The van der Waals surface area contributed by atoms with Crippen LogP contribution in [0, 0.1) is 12.8 Å². The van der Waals surface area contributed by atoms with Crippen LogP contribution in [-0.2, 0) is 11.3 Å². The van der Waals surface area contributed by atoms with Gasteiger partial charge in [0.1, 0.15) is 0 Å². The second kappa shape index (κ2) is 6.41. The lowest BCUT2D eigenvalue weighted by atomic mass is 9.97. The molecule has 2 amide bonds. The van der Waals surface area contributed by atoms with E-state index in [1.165, 1.54) is 0 Å². The zero-order valence-electron chi connectivity index (χ0n) is 11.6. The lowest BCUT2D eigenvalue weighted by Gasteiger charge is -2.30. The number of benzene rings is 1. The smallest absolute Gasteiger partial charge is 0.317 e. The molecule has 0 atom stereocenters. The molecule has 2 rings (SSSR count). The lowest BCUT2D eigenvalue weighted by Crippen LogP contribution is -2.45. The number of aryl methyl sites for hydroxylation is 1. The Morgan fingerprint density at radius 2 is 1.95 bits per heavy atom. The third kappa shape index (κ3) is 3.50. The van der Waals surface area contributed by atoms with Gasteiger partial charge in [-0.05, 0) is 30.9 Å². The Kier molecular flexibility index (Phi) is 4.61. The van der Waals surface area contributed by atoms with E-state index in [9.17, 15) is 9.59 Å². The van der Waals surface area contributed by atoms with Crippen LogP contribution in [0.2, 0.25) is 0 Å². The first-order valence-corrected chi connectivity index (χ1v) is 6.88. The van der Waals surface area contributed by atoms with Crippen LogP contribution in [0.4, 0.5) is 4.79 Å². The van der Waals surface area contributed by atoms with E-state index in [0.717, 1.165) is 11.1 Å². The van der Waals surface area contributed by atoms with E-state index in [4.69, 9.17) is 5.11 Å². The first kappa shape index (κ1) is 14.4. The third-order valence-corrected chi connectivity index (χ3v) is 3.82. The Labute approximate surface area is 118 Å². The number of carboxylic acid groups (broad SMARTS) is 1. The largest absolute Gasteiger partial charge is 0.481 e. The molecule has 0 saturated carbocycles. The zero-order valence-corrected chi connectivity index (χ0v) is 11.6. The third-order valence-electron chi connectivity index (χ3n) is 3.82. The number of rotatable bonds is 3. The molecule has 0 aromatic heterocycles. The second-order valence-corrected chi connectivity index (χ2v) is 5.18. The van der Waals surface area contributed by atoms with Crippen molar-refractivity contribution in [2.45, 2.75) is 26.3 Å². The van der Waals surface area contributed by atoms with E-state index in [1.54, 1.807) is 4.90 Å². The molecule has 1 fully saturated rings. The molecule has 0 radical (unpaired) electrons. The van der Waals surface area contributed by atoms with E-state index < -0.39 is 5.97 Å². The van der Waals surface area contributed by atoms with Crippen LogP contribution in [0.5, 0.6) is 0 Å². The van der Waals surface area contributed by atoms with Crippen molar-refractivity contribution in [1.29, 1.82) is 0 Å². The summed E-state index contributed by atoms with van der Waals surface area (Å²) < 4.78 is 0. The first-order chi connectivity index (χ1) is 9.58. The Hall–Kier alpha value is -2.04. The van der Waals surface area contributed by atoms with E-state index in [-0.39, 0.29) is 11.9 Å². The summed E-state index contributed by atoms with van der Waals surface area (Å²) in [6, 6.07) is 7.81. The maximum atomic E-state index is 12.0. The fraction of sp³-hybridized carbons (Fsp3) is 0.467. The monoisotopic (exact) mass is 276 g/mol. The van der Waals surface area contributed by atoms with Gasteiger partial charge in [-0.15, -0.1) is 0 Å². The second-order valence-electron chi connectivity index (χ2n) is 5.18. The van der Waals surface area contributed by atoms with Crippen molar-refractivity contribution in [2.75, 3.05) is 13.1 Å². The van der Waals surface area contributed by atoms with E-state index in [0.29, 0.717) is 32.5 Å². The number of hydrogen-bond donors (Lipinski definition) is 2. The Bertz CT molecular complexity index is 494. The van der Waals surface area contributed by atoms with Crippen LogP contribution in [-0.4, -0.2) is 35.1 Å². The lowest BCUT2D eigenvalue weighted by molar-refractivity contribution is -0.143. The van der Waals surface area contributed by atoms with Gasteiger partial charge in [-0.25, -0.2) is 4.79 Å². The molecule has 5 nitrogen and oxygen atoms in total. The summed E-state index contributed by atoms with van der Waals surface area (Å²) in [6.07, 6.45) is 1.07. The van der Waals surface area contributed by atoms with Gasteiger partial charge in [0.25, 0.3) is 0 Å². The molecule has 108 valence electrons. The highest BCUT2D eigenvalue weighted by molar-refractivity contribution is 5.75. The number of aliphatic carboxylic acids is 1. The van der Waals surface area contributed by atoms with Gasteiger partial charge in [0.15, 0.2) is 0 Å². The maximum absolute atomic E-state index is 12.0. The summed E-state index contributed by atoms with van der Waals surface area (Å²) in [5.74, 6) is -1.07. The maximum Gasteiger partial charge on any atom is 0.317 e. The molecular formula is C15H20N2O3. The van der Waals surface area contributed by atoms with Crippen molar-refractivity contribution in [3.05, 3.63) is 35.4 Å². The molecule has 20 heavy (non-hydrogen) atoms. The summed E-state index contributed by atoms with van der Waals surface area (Å²) in [6.45, 7) is 3.54. The molecule has 0 aliphatic carbocycles. The molecule has 2 N–H and O–H groups in total. The number of piperidine rings is 1. The van der Waals surface area contributed by atoms with Crippen molar-refractivity contribution in [2.24, 2.45) is 5.92 Å². The molecule has 0 spiro atoms. The van der Waals surface area contributed by atoms with E-state index in [2.05, 4.69) is 5.32 Å². The average Bonchev–Trinajstić information content (AvgIpc) is 2.46. The highest BCUT2D eigenvalue weighted by Gasteiger charge is 2.26. The molecule has 1 saturated heterocycles. The highest BCUT2D eigenvalue weighted by Crippen LogP contribution is 2.17. The van der Waals surface area contributed by atoms with Gasteiger partial charge in [0.2, 0.25) is 0 Å². The van der Waals surface area contributed by atoms with Gasteiger partial charge >= 0.3 is 12.0 Å². The van der Waals surface area contributed by atoms with E-state index >= 15 is 0 Å². The van der Waals surface area contributed by atoms with Gasteiger partial charge in [-0.3, -0.25) is 4.79 Å². The number of nitrogens with one attached hydrogen (secondary N) is 1. The number of carboxylic acids is 1. The van der Waals surface area contributed by atoms with Crippen LogP contribution < -0.4 is 5.32 Å². The molecule has 1 aromatic carbocycles. The minimum atomic E-state index is -0.759. The summed E-state index contributed by atoms with van der Waals surface area (Å²) in [5, 5.41) is 11.8. The molecule has 1 aliphatic rings. The quantitative estimate of drug-likeness (QED) is 0.887. The fourth-order valence-electron chi connectivity index (χ4n) is 2.42. The normalized spacial score (nSPS) is 15.9.